The first-order valence-corrected chi connectivity index (χ1v) is 10.4. The van der Waals surface area contributed by atoms with Crippen molar-refractivity contribution in [2.75, 3.05) is 24.6 Å². The number of nitrogens with zero attached hydrogens (tertiary/aromatic N) is 3. The highest BCUT2D eigenvalue weighted by molar-refractivity contribution is 5.74. The highest BCUT2D eigenvalue weighted by atomic mass is 16.6. The first-order valence-electron chi connectivity index (χ1n) is 10.4. The van der Waals surface area contributed by atoms with Gasteiger partial charge in [0.05, 0.1) is 17.7 Å². The van der Waals surface area contributed by atoms with Crippen LogP contribution in [0.15, 0.2) is 30.5 Å². The average Bonchev–Trinajstić information content (AvgIpc) is 2.69. The Morgan fingerprint density at radius 3 is 2.77 bits per heavy atom. The largest absolute Gasteiger partial charge is 0.507 e. The lowest BCUT2D eigenvalue weighted by Crippen LogP contribution is -2.49. The van der Waals surface area contributed by atoms with Gasteiger partial charge in [0.2, 0.25) is 5.95 Å². The number of piperidine rings is 1. The van der Waals surface area contributed by atoms with Crippen LogP contribution in [0.25, 0.3) is 11.3 Å². The number of aromatic nitrogens is 2. The SMILES string of the molecule is CCO[C@H]1CN(c2nccc(-c3cccc(C)c3O)n2)CC[C@H]1C(=O)OC(C)(C)C. The minimum absolute atomic E-state index is 0.220. The van der Waals surface area contributed by atoms with Crippen LogP contribution >= 0.6 is 0 Å². The third-order valence-corrected chi connectivity index (χ3v) is 5.09. The third-order valence-electron chi connectivity index (χ3n) is 5.09. The van der Waals surface area contributed by atoms with Gasteiger partial charge in [-0.25, -0.2) is 9.97 Å². The van der Waals surface area contributed by atoms with Crippen LogP contribution < -0.4 is 4.90 Å². The van der Waals surface area contributed by atoms with Crippen molar-refractivity contribution in [1.82, 2.24) is 9.97 Å². The molecule has 0 unspecified atom stereocenters. The highest BCUT2D eigenvalue weighted by Crippen LogP contribution is 2.32. The first-order chi connectivity index (χ1) is 14.2. The Kier molecular flexibility index (Phi) is 6.61. The summed E-state index contributed by atoms with van der Waals surface area (Å²) in [5.74, 6) is 0.239. The molecule has 162 valence electrons. The van der Waals surface area contributed by atoms with E-state index in [1.165, 1.54) is 0 Å². The molecule has 1 aliphatic rings. The molecule has 0 spiro atoms. The molecule has 7 nitrogen and oxygen atoms in total. The molecule has 7 heteroatoms. The zero-order valence-corrected chi connectivity index (χ0v) is 18.4. The quantitative estimate of drug-likeness (QED) is 0.748. The summed E-state index contributed by atoms with van der Waals surface area (Å²) in [7, 11) is 0. The van der Waals surface area contributed by atoms with Crippen molar-refractivity contribution in [3.8, 4) is 17.0 Å². The van der Waals surface area contributed by atoms with Crippen molar-refractivity contribution in [2.45, 2.75) is 52.7 Å². The summed E-state index contributed by atoms with van der Waals surface area (Å²) < 4.78 is 11.5. The molecule has 2 atom stereocenters. The summed E-state index contributed by atoms with van der Waals surface area (Å²) in [6.45, 7) is 11.0. The zero-order chi connectivity index (χ0) is 21.9. The zero-order valence-electron chi connectivity index (χ0n) is 18.4. The van der Waals surface area contributed by atoms with E-state index in [0.29, 0.717) is 43.3 Å². The van der Waals surface area contributed by atoms with Gasteiger partial charge in [-0.2, -0.15) is 0 Å². The Balaban J connectivity index is 1.81. The van der Waals surface area contributed by atoms with E-state index in [-0.39, 0.29) is 23.7 Å². The van der Waals surface area contributed by atoms with Crippen LogP contribution in [0.3, 0.4) is 0 Å². The van der Waals surface area contributed by atoms with Crippen LogP contribution in [-0.4, -0.2) is 52.4 Å². The van der Waals surface area contributed by atoms with Crippen LogP contribution in [-0.2, 0) is 14.3 Å². The van der Waals surface area contributed by atoms with Crippen molar-refractivity contribution in [1.29, 1.82) is 0 Å². The van der Waals surface area contributed by atoms with Crippen LogP contribution in [0.5, 0.6) is 5.75 Å². The Morgan fingerprint density at radius 2 is 2.07 bits per heavy atom. The van der Waals surface area contributed by atoms with E-state index >= 15 is 0 Å². The molecular weight excluding hydrogens is 382 g/mol. The molecule has 30 heavy (non-hydrogen) atoms. The van der Waals surface area contributed by atoms with E-state index in [1.54, 1.807) is 12.3 Å². The molecule has 0 saturated carbocycles. The summed E-state index contributed by atoms with van der Waals surface area (Å²) in [5, 5.41) is 10.4. The molecule has 0 bridgehead atoms. The van der Waals surface area contributed by atoms with Gasteiger partial charge >= 0.3 is 5.97 Å². The average molecular weight is 414 g/mol. The van der Waals surface area contributed by atoms with Gasteiger partial charge in [0.1, 0.15) is 11.4 Å². The fraction of sp³-hybridized carbons (Fsp3) is 0.522. The van der Waals surface area contributed by atoms with Crippen LogP contribution in [0, 0.1) is 12.8 Å². The van der Waals surface area contributed by atoms with Gasteiger partial charge in [0.15, 0.2) is 0 Å². The van der Waals surface area contributed by atoms with Gasteiger partial charge in [0, 0.05) is 31.5 Å². The number of rotatable bonds is 5. The molecule has 2 aromatic rings. The van der Waals surface area contributed by atoms with Gasteiger partial charge in [0.25, 0.3) is 0 Å². The smallest absolute Gasteiger partial charge is 0.312 e. The van der Waals surface area contributed by atoms with E-state index in [2.05, 4.69) is 9.97 Å². The molecule has 1 saturated heterocycles. The number of esters is 1. The lowest BCUT2D eigenvalue weighted by Gasteiger charge is -2.38. The fourth-order valence-corrected chi connectivity index (χ4v) is 3.64. The monoisotopic (exact) mass is 413 g/mol. The molecule has 3 rings (SSSR count). The van der Waals surface area contributed by atoms with E-state index in [0.717, 1.165) is 5.56 Å². The van der Waals surface area contributed by atoms with E-state index in [1.807, 2.05) is 57.7 Å². The van der Waals surface area contributed by atoms with Gasteiger partial charge < -0.3 is 19.5 Å². The third kappa shape index (κ3) is 5.08. The maximum atomic E-state index is 12.7. The van der Waals surface area contributed by atoms with Gasteiger partial charge in [-0.3, -0.25) is 4.79 Å². The molecule has 1 aromatic heterocycles. The number of anilines is 1. The number of carbonyl (C=O) groups excluding carboxylic acids is 1. The van der Waals surface area contributed by atoms with Crippen molar-refractivity contribution < 1.29 is 19.4 Å². The molecule has 0 amide bonds. The Bertz CT molecular complexity index is 894. The first kappa shape index (κ1) is 22.0. The highest BCUT2D eigenvalue weighted by Gasteiger charge is 2.38. The summed E-state index contributed by atoms with van der Waals surface area (Å²) >= 11 is 0. The Morgan fingerprint density at radius 1 is 1.30 bits per heavy atom. The number of hydrogen-bond acceptors (Lipinski definition) is 7. The lowest BCUT2D eigenvalue weighted by atomic mass is 9.93. The minimum Gasteiger partial charge on any atom is -0.507 e. The molecule has 1 aromatic carbocycles. The second-order valence-electron chi connectivity index (χ2n) is 8.58. The van der Waals surface area contributed by atoms with Crippen LogP contribution in [0.2, 0.25) is 0 Å². The van der Waals surface area contributed by atoms with Gasteiger partial charge in [-0.1, -0.05) is 12.1 Å². The predicted molar refractivity (Wildman–Crippen MR) is 115 cm³/mol. The number of aryl methyl sites for hydroxylation is 1. The lowest BCUT2D eigenvalue weighted by molar-refractivity contribution is -0.166. The predicted octanol–water partition coefficient (Wildman–Crippen LogP) is 3.73. The summed E-state index contributed by atoms with van der Waals surface area (Å²) in [6, 6.07) is 7.37. The van der Waals surface area contributed by atoms with Gasteiger partial charge in [-0.05, 0) is 58.7 Å². The number of benzene rings is 1. The van der Waals surface area contributed by atoms with E-state index in [4.69, 9.17) is 9.47 Å². The van der Waals surface area contributed by atoms with E-state index in [9.17, 15) is 9.90 Å². The molecular formula is C23H31N3O4. The topological polar surface area (TPSA) is 84.8 Å². The number of para-hydroxylation sites is 1. The number of ether oxygens (including phenoxy) is 2. The summed E-state index contributed by atoms with van der Waals surface area (Å²) in [5.41, 5.74) is 1.59. The van der Waals surface area contributed by atoms with Crippen molar-refractivity contribution in [3.63, 3.8) is 0 Å². The molecule has 2 heterocycles. The molecule has 1 aliphatic heterocycles. The Hall–Kier alpha value is -2.67. The van der Waals surface area contributed by atoms with Crippen LogP contribution in [0.1, 0.15) is 39.7 Å². The van der Waals surface area contributed by atoms with Gasteiger partial charge in [-0.15, -0.1) is 0 Å². The number of phenolic OH excluding ortho intramolecular Hbond substituents is 1. The minimum atomic E-state index is -0.530. The van der Waals surface area contributed by atoms with Crippen molar-refractivity contribution in [2.24, 2.45) is 5.92 Å². The second kappa shape index (κ2) is 9.00. The van der Waals surface area contributed by atoms with Crippen LogP contribution in [0.4, 0.5) is 5.95 Å². The number of phenols is 1. The standard InChI is InChI=1S/C23H31N3O4/c1-6-29-19-14-26(13-11-17(19)21(28)30-23(3,4)5)22-24-12-10-18(25-22)16-9-7-8-15(2)20(16)27/h7-10,12,17,19,27H,6,11,13-14H2,1-5H3/t17-,19+/m1/s1. The number of aromatic hydroxyl groups is 1. The van der Waals surface area contributed by atoms with E-state index < -0.39 is 5.60 Å². The maximum Gasteiger partial charge on any atom is 0.312 e. The second-order valence-corrected chi connectivity index (χ2v) is 8.58. The summed E-state index contributed by atoms with van der Waals surface area (Å²) in [4.78, 5) is 23.8. The number of carbonyl (C=O) groups is 1. The maximum absolute atomic E-state index is 12.7. The summed E-state index contributed by atoms with van der Waals surface area (Å²) in [6.07, 6.45) is 2.00. The molecule has 1 fully saturated rings. The molecule has 0 aliphatic carbocycles. The van der Waals surface area contributed by atoms with Crippen molar-refractivity contribution in [3.05, 3.63) is 36.0 Å². The number of hydrogen-bond donors (Lipinski definition) is 1. The van der Waals surface area contributed by atoms with Crippen molar-refractivity contribution >= 4 is 11.9 Å². The molecule has 0 radical (unpaired) electrons. The normalized spacial score (nSPS) is 19.6. The fourth-order valence-electron chi connectivity index (χ4n) is 3.64. The molecule has 1 N–H and O–H groups in total. The Labute approximate surface area is 178 Å².